The number of para-hydroxylation sites is 1. The lowest BCUT2D eigenvalue weighted by molar-refractivity contribution is 0.0956. The second-order valence-corrected chi connectivity index (χ2v) is 9.25. The molecular weight excluding hydrogens is 443 g/mol. The van der Waals surface area contributed by atoms with Crippen LogP contribution in [0.4, 0.5) is 0 Å². The highest BCUT2D eigenvalue weighted by atomic mass is 35.5. The average Bonchev–Trinajstić information content (AvgIpc) is 3.38. The van der Waals surface area contributed by atoms with Crippen molar-refractivity contribution in [3.05, 3.63) is 86.7 Å². The van der Waals surface area contributed by atoms with E-state index in [1.807, 2.05) is 41.8 Å². The quantitative estimate of drug-likeness (QED) is 0.310. The summed E-state index contributed by atoms with van der Waals surface area (Å²) in [6.45, 7) is 1.29. The van der Waals surface area contributed by atoms with Crippen LogP contribution in [-0.2, 0) is 12.3 Å². The van der Waals surface area contributed by atoms with Crippen LogP contribution < -0.4 is 5.32 Å². The summed E-state index contributed by atoms with van der Waals surface area (Å²) in [5.41, 5.74) is 2.29. The maximum absolute atomic E-state index is 12.1. The Labute approximate surface area is 187 Å². The molecular formula is C22H18Cl2N2OS2. The van der Waals surface area contributed by atoms with Crippen LogP contribution in [0.1, 0.15) is 15.2 Å². The number of hydrogen-bond donors (Lipinski definition) is 1. The number of nitrogens with zero attached hydrogens (tertiary/aromatic N) is 1. The molecule has 4 aromatic rings. The Kier molecular flexibility index (Phi) is 6.50. The van der Waals surface area contributed by atoms with Gasteiger partial charge < -0.3 is 9.88 Å². The van der Waals surface area contributed by atoms with Crippen LogP contribution in [0.3, 0.4) is 0 Å². The molecule has 0 saturated carbocycles. The first-order valence-corrected chi connectivity index (χ1v) is 11.7. The predicted octanol–water partition coefficient (Wildman–Crippen LogP) is 6.73. The first-order chi connectivity index (χ1) is 14.1. The molecule has 0 aliphatic heterocycles. The number of amides is 1. The zero-order chi connectivity index (χ0) is 20.2. The van der Waals surface area contributed by atoms with Gasteiger partial charge in [0.2, 0.25) is 0 Å². The Bertz CT molecular complexity index is 1140. The number of thiophene rings is 1. The minimum Gasteiger partial charge on any atom is -0.350 e. The van der Waals surface area contributed by atoms with Crippen LogP contribution in [0.15, 0.2) is 71.1 Å². The van der Waals surface area contributed by atoms with Crippen LogP contribution in [0.5, 0.6) is 0 Å². The first-order valence-electron chi connectivity index (χ1n) is 9.08. The summed E-state index contributed by atoms with van der Waals surface area (Å²) < 4.78 is 2.20. The maximum atomic E-state index is 12.1. The highest BCUT2D eigenvalue weighted by molar-refractivity contribution is 7.98. The van der Waals surface area contributed by atoms with Gasteiger partial charge in [-0.1, -0.05) is 53.5 Å². The molecule has 2 aromatic carbocycles. The fourth-order valence-electron chi connectivity index (χ4n) is 3.09. The zero-order valence-electron chi connectivity index (χ0n) is 15.4. The molecule has 7 heteroatoms. The molecule has 2 heterocycles. The van der Waals surface area contributed by atoms with Crippen LogP contribution in [0, 0.1) is 0 Å². The highest BCUT2D eigenvalue weighted by Crippen LogP contribution is 2.33. The maximum Gasteiger partial charge on any atom is 0.261 e. The van der Waals surface area contributed by atoms with E-state index in [2.05, 4.69) is 34.3 Å². The molecule has 0 bridgehead atoms. The molecule has 0 atom stereocenters. The van der Waals surface area contributed by atoms with Gasteiger partial charge in [-0.3, -0.25) is 4.79 Å². The van der Waals surface area contributed by atoms with Gasteiger partial charge in [-0.15, -0.1) is 23.1 Å². The topological polar surface area (TPSA) is 34.0 Å². The lowest BCUT2D eigenvalue weighted by Gasteiger charge is -2.06. The SMILES string of the molecule is O=C(NCCn1cc(SCc2ccc(Cl)c(Cl)c2)c2ccccc21)c1cccs1. The van der Waals surface area contributed by atoms with Crippen molar-refractivity contribution in [2.45, 2.75) is 17.2 Å². The van der Waals surface area contributed by atoms with Gasteiger partial charge in [0, 0.05) is 40.8 Å². The normalized spacial score (nSPS) is 11.1. The smallest absolute Gasteiger partial charge is 0.261 e. The summed E-state index contributed by atoms with van der Waals surface area (Å²) in [5.74, 6) is 0.783. The Hall–Kier alpha value is -1.92. The molecule has 148 valence electrons. The van der Waals surface area contributed by atoms with Crippen molar-refractivity contribution in [2.24, 2.45) is 0 Å². The molecule has 1 N–H and O–H groups in total. The van der Waals surface area contributed by atoms with Gasteiger partial charge in [-0.25, -0.2) is 0 Å². The van der Waals surface area contributed by atoms with E-state index in [4.69, 9.17) is 23.2 Å². The van der Waals surface area contributed by atoms with Crippen molar-refractivity contribution < 1.29 is 4.79 Å². The summed E-state index contributed by atoms with van der Waals surface area (Å²) >= 11 is 15.4. The molecule has 2 aromatic heterocycles. The molecule has 0 unspecified atom stereocenters. The van der Waals surface area contributed by atoms with E-state index < -0.39 is 0 Å². The van der Waals surface area contributed by atoms with Gasteiger partial charge in [-0.05, 0) is 35.2 Å². The summed E-state index contributed by atoms with van der Waals surface area (Å²) in [5, 5.41) is 7.26. The fourth-order valence-corrected chi connectivity index (χ4v) is 5.08. The van der Waals surface area contributed by atoms with E-state index >= 15 is 0 Å². The standard InChI is InChI=1S/C22H18Cl2N2OS2/c23-17-8-7-15(12-18(17)24)14-29-21-13-26(19-5-2-1-4-16(19)21)10-9-25-22(27)20-6-3-11-28-20/h1-8,11-13H,9-10,14H2,(H,25,27). The zero-order valence-corrected chi connectivity index (χ0v) is 18.5. The van der Waals surface area contributed by atoms with E-state index in [1.165, 1.54) is 21.6 Å². The van der Waals surface area contributed by atoms with Crippen molar-refractivity contribution in [3.63, 3.8) is 0 Å². The summed E-state index contributed by atoms with van der Waals surface area (Å²) in [7, 11) is 0. The molecule has 4 rings (SSSR count). The number of carbonyl (C=O) groups is 1. The number of hydrogen-bond acceptors (Lipinski definition) is 3. The van der Waals surface area contributed by atoms with E-state index in [0.29, 0.717) is 23.1 Å². The lowest BCUT2D eigenvalue weighted by Crippen LogP contribution is -2.26. The molecule has 3 nitrogen and oxygen atoms in total. The molecule has 29 heavy (non-hydrogen) atoms. The number of fused-ring (bicyclic) bond motifs is 1. The van der Waals surface area contributed by atoms with E-state index in [0.717, 1.165) is 21.7 Å². The fraction of sp³-hybridized carbons (Fsp3) is 0.136. The van der Waals surface area contributed by atoms with Gasteiger partial charge >= 0.3 is 0 Å². The minimum atomic E-state index is -0.0225. The van der Waals surface area contributed by atoms with Crippen molar-refractivity contribution in [1.29, 1.82) is 0 Å². The third-order valence-corrected chi connectivity index (χ3v) is 7.24. The second-order valence-electron chi connectivity index (χ2n) is 6.47. The molecule has 0 fully saturated rings. The highest BCUT2D eigenvalue weighted by Gasteiger charge is 2.11. The number of thioether (sulfide) groups is 1. The number of nitrogens with one attached hydrogen (secondary N) is 1. The second kappa shape index (κ2) is 9.26. The predicted molar refractivity (Wildman–Crippen MR) is 125 cm³/mol. The summed E-state index contributed by atoms with van der Waals surface area (Å²) in [4.78, 5) is 14.1. The van der Waals surface area contributed by atoms with Crippen LogP contribution in [-0.4, -0.2) is 17.0 Å². The molecule has 0 aliphatic carbocycles. The summed E-state index contributed by atoms with van der Waals surface area (Å²) in [6, 6.07) is 17.8. The Morgan fingerprint density at radius 3 is 2.72 bits per heavy atom. The third-order valence-electron chi connectivity index (χ3n) is 4.51. The van der Waals surface area contributed by atoms with E-state index in [-0.39, 0.29) is 5.91 Å². The Morgan fingerprint density at radius 2 is 1.93 bits per heavy atom. The lowest BCUT2D eigenvalue weighted by atomic mass is 10.2. The monoisotopic (exact) mass is 460 g/mol. The van der Waals surface area contributed by atoms with Crippen molar-refractivity contribution in [3.8, 4) is 0 Å². The summed E-state index contributed by atoms with van der Waals surface area (Å²) in [6.07, 6.45) is 2.16. The van der Waals surface area contributed by atoms with Crippen molar-refractivity contribution in [1.82, 2.24) is 9.88 Å². The minimum absolute atomic E-state index is 0.0225. The average molecular weight is 461 g/mol. The van der Waals surface area contributed by atoms with Gasteiger partial charge in [0.1, 0.15) is 0 Å². The Balaban J connectivity index is 1.46. The van der Waals surface area contributed by atoms with Crippen LogP contribution in [0.2, 0.25) is 10.0 Å². The van der Waals surface area contributed by atoms with E-state index in [9.17, 15) is 4.79 Å². The largest absolute Gasteiger partial charge is 0.350 e. The van der Waals surface area contributed by atoms with Crippen molar-refractivity contribution in [2.75, 3.05) is 6.54 Å². The van der Waals surface area contributed by atoms with Crippen molar-refractivity contribution >= 4 is 63.1 Å². The molecule has 0 saturated heterocycles. The number of aromatic nitrogens is 1. The molecule has 0 radical (unpaired) electrons. The van der Waals surface area contributed by atoms with E-state index in [1.54, 1.807) is 11.8 Å². The van der Waals surface area contributed by atoms with Gasteiger partial charge in [0.15, 0.2) is 0 Å². The number of halogens is 2. The Morgan fingerprint density at radius 1 is 1.07 bits per heavy atom. The molecule has 0 spiro atoms. The third kappa shape index (κ3) is 4.81. The number of rotatable bonds is 7. The number of carbonyl (C=O) groups excluding carboxylic acids is 1. The van der Waals surface area contributed by atoms with Crippen LogP contribution >= 0.6 is 46.3 Å². The number of benzene rings is 2. The molecule has 1 amide bonds. The molecule has 0 aliphatic rings. The van der Waals surface area contributed by atoms with Gasteiger partial charge in [-0.2, -0.15) is 0 Å². The first kappa shape index (κ1) is 20.4. The van der Waals surface area contributed by atoms with Gasteiger partial charge in [0.05, 0.1) is 14.9 Å². The van der Waals surface area contributed by atoms with Gasteiger partial charge in [0.25, 0.3) is 5.91 Å². The van der Waals surface area contributed by atoms with Crippen LogP contribution in [0.25, 0.3) is 10.9 Å².